The number of aryl methyl sites for hydroxylation is 1. The minimum Gasteiger partial charge on any atom is -0.383 e. The highest BCUT2D eigenvalue weighted by atomic mass is 16.5. The molecule has 160 valence electrons. The molecule has 8 nitrogen and oxygen atoms in total. The highest BCUT2D eigenvalue weighted by molar-refractivity contribution is 5.98. The predicted molar refractivity (Wildman–Crippen MR) is 119 cm³/mol. The van der Waals surface area contributed by atoms with Gasteiger partial charge < -0.3 is 20.7 Å². The number of hydrogen-bond donors (Lipinski definition) is 2. The van der Waals surface area contributed by atoms with Gasteiger partial charge >= 0.3 is 0 Å². The average Bonchev–Trinajstić information content (AvgIpc) is 3.27. The zero-order valence-electron chi connectivity index (χ0n) is 17.7. The second kappa shape index (κ2) is 7.86. The van der Waals surface area contributed by atoms with Crippen LogP contribution in [0, 0.1) is 24.7 Å². The Labute approximate surface area is 180 Å². The lowest BCUT2D eigenvalue weighted by Crippen LogP contribution is -2.30. The highest BCUT2D eigenvalue weighted by Crippen LogP contribution is 2.52. The molecule has 2 aliphatic rings. The van der Waals surface area contributed by atoms with Gasteiger partial charge in [-0.2, -0.15) is 0 Å². The molecule has 3 atom stereocenters. The molecule has 0 aromatic carbocycles. The number of pyridine rings is 3. The summed E-state index contributed by atoms with van der Waals surface area (Å²) in [7, 11) is 1.72. The van der Waals surface area contributed by atoms with Crippen molar-refractivity contribution in [2.75, 3.05) is 44.4 Å². The zero-order valence-corrected chi connectivity index (χ0v) is 17.7. The number of amides is 1. The Balaban J connectivity index is 1.32. The molecule has 1 amide bonds. The van der Waals surface area contributed by atoms with E-state index in [9.17, 15) is 4.79 Å². The molecular weight excluding hydrogens is 392 g/mol. The van der Waals surface area contributed by atoms with Crippen LogP contribution in [0.3, 0.4) is 0 Å². The average molecular weight is 419 g/mol. The summed E-state index contributed by atoms with van der Waals surface area (Å²) < 4.78 is 5.15. The highest BCUT2D eigenvalue weighted by Gasteiger charge is 2.59. The number of likely N-dealkylation sites (tertiary alicyclic amines) is 1. The summed E-state index contributed by atoms with van der Waals surface area (Å²) in [6, 6.07) is 5.77. The molecule has 1 aliphatic heterocycles. The van der Waals surface area contributed by atoms with Crippen molar-refractivity contribution in [1.29, 1.82) is 0 Å². The van der Waals surface area contributed by atoms with Gasteiger partial charge in [-0.15, -0.1) is 0 Å². The van der Waals surface area contributed by atoms with E-state index in [0.717, 1.165) is 53.8 Å². The van der Waals surface area contributed by atoms with Crippen molar-refractivity contribution in [2.24, 2.45) is 17.8 Å². The van der Waals surface area contributed by atoms with Gasteiger partial charge in [0.15, 0.2) is 0 Å². The maximum atomic E-state index is 12.8. The van der Waals surface area contributed by atoms with Crippen LogP contribution in [0.15, 0.2) is 36.8 Å². The van der Waals surface area contributed by atoms with Crippen LogP contribution in [-0.4, -0.2) is 59.1 Å². The maximum absolute atomic E-state index is 12.8. The first-order valence-electron chi connectivity index (χ1n) is 10.5. The fraction of sp³-hybridized carbons (Fsp3) is 0.391. The molecule has 1 saturated heterocycles. The van der Waals surface area contributed by atoms with Gasteiger partial charge in [0.2, 0.25) is 5.91 Å². The molecule has 5 rings (SSSR count). The summed E-state index contributed by atoms with van der Waals surface area (Å²) in [6.07, 6.45) is 5.22. The molecule has 0 bridgehead atoms. The number of piperidine rings is 1. The molecule has 4 heterocycles. The number of nitrogens with two attached hydrogens (primary N) is 1. The number of rotatable bonds is 6. The van der Waals surface area contributed by atoms with Crippen LogP contribution in [0.25, 0.3) is 22.0 Å². The first kappa shape index (κ1) is 19.8. The number of nitrogens with one attached hydrogen (secondary N) is 1. The van der Waals surface area contributed by atoms with Crippen LogP contribution < -0.4 is 11.1 Å². The molecule has 31 heavy (non-hydrogen) atoms. The van der Waals surface area contributed by atoms with Crippen LogP contribution in [0.5, 0.6) is 0 Å². The Kier molecular flexibility index (Phi) is 5.03. The number of nitrogen functional groups attached to an aromatic ring is 1. The third-order valence-electron chi connectivity index (χ3n) is 6.50. The summed E-state index contributed by atoms with van der Waals surface area (Å²) in [4.78, 5) is 28.3. The molecule has 0 spiro atoms. The van der Waals surface area contributed by atoms with Crippen molar-refractivity contribution in [3.05, 3.63) is 42.4 Å². The second-order valence-electron chi connectivity index (χ2n) is 8.47. The van der Waals surface area contributed by atoms with E-state index < -0.39 is 0 Å². The lowest BCUT2D eigenvalue weighted by atomic mass is 10.1. The molecule has 1 saturated carbocycles. The number of methoxy groups -OCH3 is 1. The molecule has 2 fully saturated rings. The summed E-state index contributed by atoms with van der Waals surface area (Å²) in [5.74, 6) is 1.97. The summed E-state index contributed by atoms with van der Waals surface area (Å²) >= 11 is 0. The number of hydrogen-bond acceptors (Lipinski definition) is 7. The van der Waals surface area contributed by atoms with E-state index in [1.165, 1.54) is 0 Å². The van der Waals surface area contributed by atoms with E-state index in [-0.39, 0.29) is 11.8 Å². The van der Waals surface area contributed by atoms with Crippen molar-refractivity contribution in [3.63, 3.8) is 0 Å². The van der Waals surface area contributed by atoms with E-state index in [4.69, 9.17) is 10.5 Å². The van der Waals surface area contributed by atoms with Crippen LogP contribution in [0.4, 0.5) is 11.6 Å². The fourth-order valence-corrected chi connectivity index (χ4v) is 4.73. The number of ether oxygens (including phenoxy) is 1. The smallest absolute Gasteiger partial charge is 0.229 e. The van der Waals surface area contributed by atoms with E-state index in [0.29, 0.717) is 23.5 Å². The van der Waals surface area contributed by atoms with Gasteiger partial charge in [0, 0.05) is 62.2 Å². The van der Waals surface area contributed by atoms with Gasteiger partial charge in [0.1, 0.15) is 11.6 Å². The number of aromatic nitrogens is 3. The van der Waals surface area contributed by atoms with Crippen LogP contribution in [0.1, 0.15) is 5.56 Å². The molecule has 8 heteroatoms. The number of carbonyl (C=O) groups excluding carboxylic acids is 1. The number of carbonyl (C=O) groups is 1. The van der Waals surface area contributed by atoms with Gasteiger partial charge in [0.25, 0.3) is 0 Å². The van der Waals surface area contributed by atoms with Crippen LogP contribution >= 0.6 is 0 Å². The van der Waals surface area contributed by atoms with E-state index in [1.807, 2.05) is 25.1 Å². The third-order valence-corrected chi connectivity index (χ3v) is 6.50. The third kappa shape index (κ3) is 3.73. The van der Waals surface area contributed by atoms with Gasteiger partial charge in [-0.1, -0.05) is 0 Å². The van der Waals surface area contributed by atoms with Gasteiger partial charge in [-0.05, 0) is 47.9 Å². The Morgan fingerprint density at radius 1 is 1.29 bits per heavy atom. The second-order valence-corrected chi connectivity index (χ2v) is 8.47. The Hall–Kier alpha value is -3.10. The van der Waals surface area contributed by atoms with E-state index >= 15 is 0 Å². The Morgan fingerprint density at radius 3 is 2.84 bits per heavy atom. The van der Waals surface area contributed by atoms with Gasteiger partial charge in [0.05, 0.1) is 12.3 Å². The summed E-state index contributed by atoms with van der Waals surface area (Å²) in [5.41, 5.74) is 8.95. The summed E-state index contributed by atoms with van der Waals surface area (Å²) in [5, 5.41) is 4.66. The van der Waals surface area contributed by atoms with Crippen molar-refractivity contribution >= 4 is 28.3 Å². The first-order valence-corrected chi connectivity index (χ1v) is 10.5. The van der Waals surface area contributed by atoms with Gasteiger partial charge in [-0.3, -0.25) is 9.78 Å². The predicted octanol–water partition coefficient (Wildman–Crippen LogP) is 2.35. The summed E-state index contributed by atoms with van der Waals surface area (Å²) in [6.45, 7) is 5.61. The molecule has 1 aliphatic carbocycles. The monoisotopic (exact) mass is 418 g/mol. The standard InChI is InChI=1S/C23H26N6O2/c1-13-3-4-25-9-15(13)19-7-14-8-20(26-10-16(14)22(24)27-19)28-23(30)21-17-11-29(5-6-31-2)12-18(17)21/h3-4,7-10,17-18,21H,5-6,11-12H2,1-2H3,(H2,24,27)(H,26,28,30)/t17-,18?,21?/m0/s1. The van der Waals surface area contributed by atoms with Crippen molar-refractivity contribution in [2.45, 2.75) is 6.92 Å². The SMILES string of the molecule is COCCN1CC2C(C(=O)Nc3cc4cc(-c5cnccc5C)nc(N)c4cn3)[C@H]2C1. The van der Waals surface area contributed by atoms with Crippen LogP contribution in [0.2, 0.25) is 0 Å². The number of fused-ring (bicyclic) bond motifs is 2. The lowest BCUT2D eigenvalue weighted by molar-refractivity contribution is -0.118. The fourth-order valence-electron chi connectivity index (χ4n) is 4.73. The Bertz CT molecular complexity index is 1140. The number of nitrogens with zero attached hydrogens (tertiary/aromatic N) is 4. The lowest BCUT2D eigenvalue weighted by Gasteiger charge is -2.18. The molecular formula is C23H26N6O2. The molecule has 3 aromatic rings. The largest absolute Gasteiger partial charge is 0.383 e. The van der Waals surface area contributed by atoms with E-state index in [1.54, 1.807) is 25.7 Å². The van der Waals surface area contributed by atoms with Crippen molar-refractivity contribution < 1.29 is 9.53 Å². The van der Waals surface area contributed by atoms with E-state index in [2.05, 4.69) is 25.2 Å². The van der Waals surface area contributed by atoms with Gasteiger partial charge in [-0.25, -0.2) is 9.97 Å². The van der Waals surface area contributed by atoms with Crippen LogP contribution in [-0.2, 0) is 9.53 Å². The first-order chi connectivity index (χ1) is 15.0. The maximum Gasteiger partial charge on any atom is 0.229 e. The minimum atomic E-state index is 0.0543. The number of anilines is 2. The topological polar surface area (TPSA) is 106 Å². The minimum absolute atomic E-state index is 0.0543. The molecule has 3 N–H and O–H groups in total. The van der Waals surface area contributed by atoms with Crippen molar-refractivity contribution in [3.8, 4) is 11.3 Å². The molecule has 0 radical (unpaired) electrons. The van der Waals surface area contributed by atoms with Crippen molar-refractivity contribution in [1.82, 2.24) is 19.9 Å². The molecule has 3 aromatic heterocycles. The Morgan fingerprint density at radius 2 is 2.10 bits per heavy atom. The molecule has 2 unspecified atom stereocenters. The zero-order chi connectivity index (χ0) is 21.5. The normalized spacial score (nSPS) is 22.5. The quantitative estimate of drug-likeness (QED) is 0.633.